The molecule has 5 nitrogen and oxygen atoms in total. The van der Waals surface area contributed by atoms with Crippen molar-refractivity contribution in [2.24, 2.45) is 0 Å². The van der Waals surface area contributed by atoms with Crippen LogP contribution in [-0.4, -0.2) is 22.3 Å². The van der Waals surface area contributed by atoms with Crippen LogP contribution in [-0.2, 0) is 13.0 Å². The predicted molar refractivity (Wildman–Crippen MR) is 78.0 cm³/mol. The number of nitro groups is 1. The standard InChI is InChI=1S/C16H14N2O3/c19-16(13-6-3-7-15(10-13)18(20)21)17-9-8-12-4-1-2-5-14(12)11-17/h1-7,10H,8-9,11H2. The molecule has 0 aromatic heterocycles. The van der Waals surface area contributed by atoms with E-state index in [4.69, 9.17) is 0 Å². The van der Waals surface area contributed by atoms with E-state index in [1.54, 1.807) is 17.0 Å². The molecule has 0 atom stereocenters. The van der Waals surface area contributed by atoms with Gasteiger partial charge in [0.05, 0.1) is 4.92 Å². The van der Waals surface area contributed by atoms with Crippen LogP contribution in [0.15, 0.2) is 48.5 Å². The highest BCUT2D eigenvalue weighted by Crippen LogP contribution is 2.21. The third kappa shape index (κ3) is 2.63. The van der Waals surface area contributed by atoms with Crippen LogP contribution in [0.4, 0.5) is 5.69 Å². The molecule has 0 saturated carbocycles. The maximum Gasteiger partial charge on any atom is 0.270 e. The molecule has 2 aromatic carbocycles. The fourth-order valence-electron chi connectivity index (χ4n) is 2.60. The molecule has 21 heavy (non-hydrogen) atoms. The zero-order chi connectivity index (χ0) is 14.8. The van der Waals surface area contributed by atoms with Crippen LogP contribution in [0.25, 0.3) is 0 Å². The average molecular weight is 282 g/mol. The highest BCUT2D eigenvalue weighted by atomic mass is 16.6. The first-order chi connectivity index (χ1) is 10.1. The zero-order valence-electron chi connectivity index (χ0n) is 11.4. The van der Waals surface area contributed by atoms with Gasteiger partial charge >= 0.3 is 0 Å². The number of carbonyl (C=O) groups excluding carboxylic acids is 1. The van der Waals surface area contributed by atoms with Crippen molar-refractivity contribution in [2.75, 3.05) is 6.54 Å². The van der Waals surface area contributed by atoms with E-state index in [1.807, 2.05) is 18.2 Å². The van der Waals surface area contributed by atoms with Crippen molar-refractivity contribution in [3.8, 4) is 0 Å². The van der Waals surface area contributed by atoms with Gasteiger partial charge in [0.25, 0.3) is 11.6 Å². The Kier molecular flexibility index (Phi) is 3.39. The first-order valence-corrected chi connectivity index (χ1v) is 6.75. The molecule has 3 rings (SSSR count). The van der Waals surface area contributed by atoms with Crippen LogP contribution in [0, 0.1) is 10.1 Å². The largest absolute Gasteiger partial charge is 0.334 e. The zero-order valence-corrected chi connectivity index (χ0v) is 11.4. The van der Waals surface area contributed by atoms with Gasteiger partial charge in [-0.25, -0.2) is 0 Å². The second-order valence-electron chi connectivity index (χ2n) is 5.05. The van der Waals surface area contributed by atoms with Gasteiger partial charge in [0.1, 0.15) is 0 Å². The lowest BCUT2D eigenvalue weighted by atomic mass is 9.99. The molecule has 0 fully saturated rings. The maximum atomic E-state index is 12.5. The molecule has 1 aliphatic heterocycles. The van der Waals surface area contributed by atoms with Crippen LogP contribution in [0.1, 0.15) is 21.5 Å². The number of hydrogen-bond donors (Lipinski definition) is 0. The van der Waals surface area contributed by atoms with Crippen molar-refractivity contribution in [1.29, 1.82) is 0 Å². The summed E-state index contributed by atoms with van der Waals surface area (Å²) < 4.78 is 0. The predicted octanol–water partition coefficient (Wildman–Crippen LogP) is 2.79. The second-order valence-corrected chi connectivity index (χ2v) is 5.05. The van der Waals surface area contributed by atoms with Gasteiger partial charge in [0.15, 0.2) is 0 Å². The molecule has 0 N–H and O–H groups in total. The topological polar surface area (TPSA) is 63.4 Å². The van der Waals surface area contributed by atoms with Crippen molar-refractivity contribution in [3.63, 3.8) is 0 Å². The Bertz CT molecular complexity index is 712. The van der Waals surface area contributed by atoms with Crippen molar-refractivity contribution in [2.45, 2.75) is 13.0 Å². The van der Waals surface area contributed by atoms with E-state index >= 15 is 0 Å². The van der Waals surface area contributed by atoms with E-state index < -0.39 is 4.92 Å². The van der Waals surface area contributed by atoms with Crippen LogP contribution in [0.2, 0.25) is 0 Å². The summed E-state index contributed by atoms with van der Waals surface area (Å²) in [4.78, 5) is 24.5. The molecule has 106 valence electrons. The Morgan fingerprint density at radius 3 is 2.62 bits per heavy atom. The molecule has 1 aliphatic rings. The fraction of sp³-hybridized carbons (Fsp3) is 0.188. The molecular weight excluding hydrogens is 268 g/mol. The second kappa shape index (κ2) is 5.36. The quantitative estimate of drug-likeness (QED) is 0.628. The number of nitro benzene ring substituents is 1. The molecule has 5 heteroatoms. The number of hydrogen-bond acceptors (Lipinski definition) is 3. The summed E-state index contributed by atoms with van der Waals surface area (Å²) in [5.74, 6) is -0.159. The van der Waals surface area contributed by atoms with Crippen LogP contribution in [0.3, 0.4) is 0 Å². The minimum absolute atomic E-state index is 0.0572. The number of benzene rings is 2. The fourth-order valence-corrected chi connectivity index (χ4v) is 2.60. The number of amides is 1. The first kappa shape index (κ1) is 13.3. The molecule has 0 aliphatic carbocycles. The van der Waals surface area contributed by atoms with E-state index in [-0.39, 0.29) is 11.6 Å². The Hall–Kier alpha value is -2.69. The normalized spacial score (nSPS) is 13.6. The summed E-state index contributed by atoms with van der Waals surface area (Å²) in [5.41, 5.74) is 2.71. The molecule has 1 amide bonds. The van der Waals surface area contributed by atoms with E-state index in [0.29, 0.717) is 18.7 Å². The van der Waals surface area contributed by atoms with Gasteiger partial charge in [0, 0.05) is 30.8 Å². The van der Waals surface area contributed by atoms with Crippen LogP contribution >= 0.6 is 0 Å². The molecule has 0 saturated heterocycles. The average Bonchev–Trinajstić information content (AvgIpc) is 2.53. The SMILES string of the molecule is O=C(c1cccc([N+](=O)[O-])c1)N1CCc2ccccc2C1. The van der Waals surface area contributed by atoms with E-state index in [1.165, 1.54) is 17.7 Å². The monoisotopic (exact) mass is 282 g/mol. The van der Waals surface area contributed by atoms with Crippen molar-refractivity contribution in [1.82, 2.24) is 4.90 Å². The Morgan fingerprint density at radius 1 is 1.10 bits per heavy atom. The van der Waals surface area contributed by atoms with Crippen molar-refractivity contribution >= 4 is 11.6 Å². The summed E-state index contributed by atoms with van der Waals surface area (Å²) >= 11 is 0. The Morgan fingerprint density at radius 2 is 1.86 bits per heavy atom. The summed E-state index contributed by atoms with van der Waals surface area (Å²) in [6, 6.07) is 13.9. The number of rotatable bonds is 2. The third-order valence-corrected chi connectivity index (χ3v) is 3.72. The molecule has 2 aromatic rings. The highest BCUT2D eigenvalue weighted by molar-refractivity contribution is 5.95. The summed E-state index contributed by atoms with van der Waals surface area (Å²) in [6.45, 7) is 1.19. The van der Waals surface area contributed by atoms with E-state index in [0.717, 1.165) is 12.0 Å². The third-order valence-electron chi connectivity index (χ3n) is 3.72. The van der Waals surface area contributed by atoms with Gasteiger partial charge in [-0.15, -0.1) is 0 Å². The maximum absolute atomic E-state index is 12.5. The molecule has 0 spiro atoms. The lowest BCUT2D eigenvalue weighted by molar-refractivity contribution is -0.384. The highest BCUT2D eigenvalue weighted by Gasteiger charge is 2.22. The lowest BCUT2D eigenvalue weighted by Crippen LogP contribution is -2.35. The number of nitrogens with zero attached hydrogens (tertiary/aromatic N) is 2. The van der Waals surface area contributed by atoms with Crippen molar-refractivity contribution in [3.05, 3.63) is 75.3 Å². The van der Waals surface area contributed by atoms with Crippen LogP contribution in [0.5, 0.6) is 0 Å². The van der Waals surface area contributed by atoms with Crippen molar-refractivity contribution < 1.29 is 9.72 Å². The molecular formula is C16H14N2O3. The van der Waals surface area contributed by atoms with Gasteiger partial charge in [-0.05, 0) is 23.6 Å². The minimum Gasteiger partial charge on any atom is -0.334 e. The molecule has 0 radical (unpaired) electrons. The Balaban J connectivity index is 1.84. The van der Waals surface area contributed by atoms with Gasteiger partial charge in [0.2, 0.25) is 0 Å². The van der Waals surface area contributed by atoms with E-state index in [2.05, 4.69) is 6.07 Å². The number of fused-ring (bicyclic) bond motifs is 1. The van der Waals surface area contributed by atoms with Gasteiger partial charge in [-0.3, -0.25) is 14.9 Å². The van der Waals surface area contributed by atoms with Crippen LogP contribution < -0.4 is 0 Å². The lowest BCUT2D eigenvalue weighted by Gasteiger charge is -2.28. The van der Waals surface area contributed by atoms with E-state index in [9.17, 15) is 14.9 Å². The van der Waals surface area contributed by atoms with Gasteiger partial charge < -0.3 is 4.90 Å². The molecule has 0 bridgehead atoms. The summed E-state index contributed by atoms with van der Waals surface area (Å²) in [5, 5.41) is 10.8. The molecule has 0 unspecified atom stereocenters. The molecule has 1 heterocycles. The van der Waals surface area contributed by atoms with Gasteiger partial charge in [-0.1, -0.05) is 30.3 Å². The summed E-state index contributed by atoms with van der Waals surface area (Å²) in [7, 11) is 0. The minimum atomic E-state index is -0.484. The smallest absolute Gasteiger partial charge is 0.270 e. The number of carbonyl (C=O) groups is 1. The first-order valence-electron chi connectivity index (χ1n) is 6.75. The summed E-state index contributed by atoms with van der Waals surface area (Å²) in [6.07, 6.45) is 0.816. The number of non-ortho nitro benzene ring substituents is 1. The van der Waals surface area contributed by atoms with Gasteiger partial charge in [-0.2, -0.15) is 0 Å². The Labute approximate surface area is 122 Å².